The normalized spacial score (nSPS) is 15.0. The van der Waals surface area contributed by atoms with Gasteiger partial charge in [0, 0.05) is 6.42 Å². The number of thioether (sulfide) groups is 1. The quantitative estimate of drug-likeness (QED) is 0.270. The molecule has 0 saturated carbocycles. The van der Waals surface area contributed by atoms with Gasteiger partial charge in [0.25, 0.3) is 11.1 Å². The largest absolute Gasteiger partial charge is 0.425 e. The van der Waals surface area contributed by atoms with Gasteiger partial charge in [-0.05, 0) is 76.3 Å². The van der Waals surface area contributed by atoms with Gasteiger partial charge in [-0.2, -0.15) is 0 Å². The van der Waals surface area contributed by atoms with Crippen LogP contribution in [0.3, 0.4) is 0 Å². The SMILES string of the molecule is O=C(CCCCc1ccccc1)Oc1ccc(/C=C2\SC(=O)NC2=O)cc1Br. The van der Waals surface area contributed by atoms with Crippen LogP contribution in [-0.4, -0.2) is 17.1 Å². The number of hydrogen-bond acceptors (Lipinski definition) is 5. The van der Waals surface area contributed by atoms with Crippen molar-refractivity contribution in [3.63, 3.8) is 0 Å². The summed E-state index contributed by atoms with van der Waals surface area (Å²) in [6, 6.07) is 15.3. The van der Waals surface area contributed by atoms with E-state index >= 15 is 0 Å². The van der Waals surface area contributed by atoms with Gasteiger partial charge in [-0.15, -0.1) is 0 Å². The molecule has 5 nitrogen and oxygen atoms in total. The van der Waals surface area contributed by atoms with Crippen molar-refractivity contribution in [1.82, 2.24) is 5.32 Å². The monoisotopic (exact) mass is 459 g/mol. The van der Waals surface area contributed by atoms with Crippen molar-refractivity contribution in [3.8, 4) is 5.75 Å². The number of carbonyl (C=O) groups excluding carboxylic acids is 3. The summed E-state index contributed by atoms with van der Waals surface area (Å²) in [7, 11) is 0. The van der Waals surface area contributed by atoms with E-state index in [0.29, 0.717) is 21.5 Å². The maximum atomic E-state index is 12.1. The average Bonchev–Trinajstić information content (AvgIpc) is 2.99. The highest BCUT2D eigenvalue weighted by Gasteiger charge is 2.25. The first-order valence-electron chi connectivity index (χ1n) is 8.80. The molecule has 1 heterocycles. The Labute approximate surface area is 175 Å². The summed E-state index contributed by atoms with van der Waals surface area (Å²) < 4.78 is 6.02. The van der Waals surface area contributed by atoms with Gasteiger partial charge in [-0.25, -0.2) is 0 Å². The second-order valence-electron chi connectivity index (χ2n) is 6.21. The molecule has 0 radical (unpaired) electrons. The highest BCUT2D eigenvalue weighted by atomic mass is 79.9. The van der Waals surface area contributed by atoms with Crippen LogP contribution in [-0.2, 0) is 16.0 Å². The predicted molar refractivity (Wildman–Crippen MR) is 113 cm³/mol. The molecule has 1 saturated heterocycles. The maximum absolute atomic E-state index is 12.1. The van der Waals surface area contributed by atoms with Crippen LogP contribution >= 0.6 is 27.7 Å². The average molecular weight is 460 g/mol. The number of halogens is 1. The molecule has 3 rings (SSSR count). The summed E-state index contributed by atoms with van der Waals surface area (Å²) in [4.78, 5) is 35.2. The fraction of sp³-hybridized carbons (Fsp3) is 0.190. The molecule has 1 aliphatic heterocycles. The molecule has 1 N–H and O–H groups in total. The van der Waals surface area contributed by atoms with E-state index in [1.807, 2.05) is 18.2 Å². The van der Waals surface area contributed by atoms with Crippen molar-refractivity contribution in [2.24, 2.45) is 0 Å². The van der Waals surface area contributed by atoms with Crippen LogP contribution in [0.1, 0.15) is 30.4 Å². The van der Waals surface area contributed by atoms with Gasteiger partial charge in [0.1, 0.15) is 5.75 Å². The van der Waals surface area contributed by atoms with E-state index in [4.69, 9.17) is 4.74 Å². The van der Waals surface area contributed by atoms with Crippen LogP contribution in [0, 0.1) is 0 Å². The molecule has 28 heavy (non-hydrogen) atoms. The number of carbonyl (C=O) groups is 3. The molecular formula is C21H18BrNO4S. The third-order valence-electron chi connectivity index (χ3n) is 4.06. The topological polar surface area (TPSA) is 72.5 Å². The zero-order chi connectivity index (χ0) is 19.9. The Hall–Kier alpha value is -2.38. The molecule has 1 fully saturated rings. The number of benzene rings is 2. The van der Waals surface area contributed by atoms with E-state index in [0.717, 1.165) is 36.6 Å². The molecule has 7 heteroatoms. The van der Waals surface area contributed by atoms with Gasteiger partial charge >= 0.3 is 5.97 Å². The lowest BCUT2D eigenvalue weighted by Crippen LogP contribution is -2.17. The van der Waals surface area contributed by atoms with Crippen LogP contribution in [0.4, 0.5) is 4.79 Å². The van der Waals surface area contributed by atoms with E-state index in [2.05, 4.69) is 33.4 Å². The van der Waals surface area contributed by atoms with Crippen molar-refractivity contribution in [1.29, 1.82) is 0 Å². The fourth-order valence-electron chi connectivity index (χ4n) is 2.68. The zero-order valence-corrected chi connectivity index (χ0v) is 17.3. The Morgan fingerprint density at radius 3 is 2.57 bits per heavy atom. The second-order valence-corrected chi connectivity index (χ2v) is 8.08. The third-order valence-corrected chi connectivity index (χ3v) is 5.49. The Kier molecular flexibility index (Phi) is 7.06. The number of imide groups is 1. The molecule has 0 bridgehead atoms. The summed E-state index contributed by atoms with van der Waals surface area (Å²) in [5.41, 5.74) is 1.99. The summed E-state index contributed by atoms with van der Waals surface area (Å²) >= 11 is 4.24. The van der Waals surface area contributed by atoms with Gasteiger partial charge in [-0.1, -0.05) is 36.4 Å². The first kappa shape index (κ1) is 20.4. The summed E-state index contributed by atoms with van der Waals surface area (Å²) in [5, 5.41) is 1.83. The molecule has 0 spiro atoms. The molecule has 0 aromatic heterocycles. The van der Waals surface area contributed by atoms with Gasteiger partial charge in [0.2, 0.25) is 0 Å². The number of nitrogens with one attached hydrogen (secondary N) is 1. The number of rotatable bonds is 7. The lowest BCUT2D eigenvalue weighted by Gasteiger charge is -2.07. The number of ether oxygens (including phenoxy) is 1. The van der Waals surface area contributed by atoms with Gasteiger partial charge < -0.3 is 4.74 Å². The number of unbranched alkanes of at least 4 members (excludes halogenated alkanes) is 1. The molecule has 2 aromatic rings. The van der Waals surface area contributed by atoms with Crippen molar-refractivity contribution in [2.75, 3.05) is 0 Å². The van der Waals surface area contributed by atoms with Crippen LogP contribution in [0.2, 0.25) is 0 Å². The molecule has 2 amide bonds. The second kappa shape index (κ2) is 9.71. The summed E-state index contributed by atoms with van der Waals surface area (Å²) in [6.45, 7) is 0. The van der Waals surface area contributed by atoms with E-state index in [9.17, 15) is 14.4 Å². The zero-order valence-electron chi connectivity index (χ0n) is 14.9. The Morgan fingerprint density at radius 2 is 1.89 bits per heavy atom. The van der Waals surface area contributed by atoms with E-state index in [1.54, 1.807) is 24.3 Å². The van der Waals surface area contributed by atoms with Crippen molar-refractivity contribution < 1.29 is 19.1 Å². The Balaban J connectivity index is 1.50. The van der Waals surface area contributed by atoms with E-state index < -0.39 is 5.91 Å². The number of aryl methyl sites for hydroxylation is 1. The summed E-state index contributed by atoms with van der Waals surface area (Å²) in [6.07, 6.45) is 4.59. The fourth-order valence-corrected chi connectivity index (χ4v) is 3.84. The standard InChI is InChI=1S/C21H18BrNO4S/c22-16-12-15(13-18-20(25)23-21(26)28-18)10-11-17(16)27-19(24)9-5-4-8-14-6-2-1-3-7-14/h1-3,6-7,10-13H,4-5,8-9H2,(H,23,25,26)/b18-13-. The number of hydrogen-bond donors (Lipinski definition) is 1. The van der Waals surface area contributed by atoms with Crippen molar-refractivity contribution in [2.45, 2.75) is 25.7 Å². The van der Waals surface area contributed by atoms with Crippen LogP contribution in [0.5, 0.6) is 5.75 Å². The highest BCUT2D eigenvalue weighted by molar-refractivity contribution is 9.10. The molecule has 0 atom stereocenters. The van der Waals surface area contributed by atoms with E-state index in [1.165, 1.54) is 5.56 Å². The minimum absolute atomic E-state index is 0.281. The molecule has 144 valence electrons. The first-order chi connectivity index (χ1) is 13.5. The minimum atomic E-state index is -0.405. The Morgan fingerprint density at radius 1 is 1.11 bits per heavy atom. The molecule has 2 aromatic carbocycles. The van der Waals surface area contributed by atoms with Gasteiger partial charge in [0.05, 0.1) is 9.38 Å². The molecular weight excluding hydrogens is 442 g/mol. The van der Waals surface area contributed by atoms with Crippen molar-refractivity contribution >= 4 is 50.9 Å². The van der Waals surface area contributed by atoms with E-state index in [-0.39, 0.29) is 11.2 Å². The lowest BCUT2D eigenvalue weighted by atomic mass is 10.1. The number of amides is 2. The summed E-state index contributed by atoms with van der Waals surface area (Å²) in [5.74, 6) is -0.261. The third kappa shape index (κ3) is 5.81. The van der Waals surface area contributed by atoms with Gasteiger partial charge in [-0.3, -0.25) is 19.7 Å². The first-order valence-corrected chi connectivity index (χ1v) is 10.4. The van der Waals surface area contributed by atoms with Crippen LogP contribution in [0.15, 0.2) is 57.9 Å². The molecule has 0 unspecified atom stereocenters. The lowest BCUT2D eigenvalue weighted by molar-refractivity contribution is -0.134. The van der Waals surface area contributed by atoms with Crippen LogP contribution in [0.25, 0.3) is 6.08 Å². The minimum Gasteiger partial charge on any atom is -0.425 e. The molecule has 1 aliphatic rings. The van der Waals surface area contributed by atoms with Crippen molar-refractivity contribution in [3.05, 3.63) is 69.0 Å². The molecule has 0 aliphatic carbocycles. The number of esters is 1. The predicted octanol–water partition coefficient (Wildman–Crippen LogP) is 5.09. The Bertz CT molecular complexity index is 927. The van der Waals surface area contributed by atoms with Crippen LogP contribution < -0.4 is 10.1 Å². The smallest absolute Gasteiger partial charge is 0.311 e. The maximum Gasteiger partial charge on any atom is 0.311 e. The van der Waals surface area contributed by atoms with Gasteiger partial charge in [0.15, 0.2) is 0 Å². The highest BCUT2D eigenvalue weighted by Crippen LogP contribution is 2.30.